The number of rotatable bonds is 6. The summed E-state index contributed by atoms with van der Waals surface area (Å²) in [7, 11) is 1.36. The van der Waals surface area contributed by atoms with Gasteiger partial charge in [0.25, 0.3) is 0 Å². The van der Waals surface area contributed by atoms with Crippen molar-refractivity contribution in [2.75, 3.05) is 12.0 Å². The number of pyridine rings is 1. The number of esters is 1. The lowest BCUT2D eigenvalue weighted by atomic mass is 10.1. The van der Waals surface area contributed by atoms with Gasteiger partial charge in [-0.25, -0.2) is 4.79 Å². The molecule has 1 aromatic heterocycles. The molecular formula is C20H22N2O3. The van der Waals surface area contributed by atoms with Crippen LogP contribution in [-0.2, 0) is 14.3 Å². The zero-order chi connectivity index (χ0) is 17.8. The number of aromatic nitrogens is 1. The molecule has 1 aliphatic rings. The summed E-state index contributed by atoms with van der Waals surface area (Å²) < 4.78 is 4.92. The van der Waals surface area contributed by atoms with Gasteiger partial charge in [-0.15, -0.1) is 0 Å². The van der Waals surface area contributed by atoms with Crippen LogP contribution in [0.5, 0.6) is 0 Å². The van der Waals surface area contributed by atoms with Gasteiger partial charge in [0.15, 0.2) is 0 Å². The van der Waals surface area contributed by atoms with E-state index in [1.807, 2.05) is 55.6 Å². The van der Waals surface area contributed by atoms with Crippen LogP contribution in [0.2, 0.25) is 0 Å². The Kier molecular flexibility index (Phi) is 5.12. The summed E-state index contributed by atoms with van der Waals surface area (Å²) in [5.74, 6) is -0.374. The van der Waals surface area contributed by atoms with Gasteiger partial charge in [-0.05, 0) is 42.5 Å². The number of amides is 1. The summed E-state index contributed by atoms with van der Waals surface area (Å²) in [6.45, 7) is 1.89. The van der Waals surface area contributed by atoms with Gasteiger partial charge in [-0.1, -0.05) is 31.2 Å². The summed E-state index contributed by atoms with van der Waals surface area (Å²) in [5, 5.41) is 0. The van der Waals surface area contributed by atoms with Crippen LogP contribution in [0.15, 0.2) is 54.9 Å². The minimum atomic E-state index is -0.616. The maximum Gasteiger partial charge on any atom is 0.328 e. The first kappa shape index (κ1) is 17.1. The molecule has 1 fully saturated rings. The molecule has 1 heterocycles. The van der Waals surface area contributed by atoms with E-state index in [1.165, 1.54) is 7.11 Å². The number of benzene rings is 1. The van der Waals surface area contributed by atoms with E-state index in [0.717, 1.165) is 17.7 Å². The van der Waals surface area contributed by atoms with Crippen LogP contribution < -0.4 is 4.90 Å². The van der Waals surface area contributed by atoms with Crippen LogP contribution in [0, 0.1) is 5.92 Å². The molecule has 3 atom stereocenters. The van der Waals surface area contributed by atoms with Gasteiger partial charge >= 0.3 is 5.97 Å². The highest BCUT2D eigenvalue weighted by Crippen LogP contribution is 2.49. The number of carbonyl (C=O) groups excluding carboxylic acids is 2. The van der Waals surface area contributed by atoms with Crippen LogP contribution in [0.4, 0.5) is 5.69 Å². The number of hydrogen-bond acceptors (Lipinski definition) is 4. The molecule has 0 radical (unpaired) electrons. The standard InChI is InChI=1S/C20H22N2O3/c1-3-18(20(24)25-2)22(15-9-5-4-6-10-15)19(23)17-12-16(17)14-8-7-11-21-13-14/h4-11,13,16-18H,3,12H2,1-2H3/t16-,17-,18-/m1/s1. The first-order valence-electron chi connectivity index (χ1n) is 8.53. The maximum atomic E-state index is 13.2. The molecule has 0 N–H and O–H groups in total. The third-order valence-corrected chi connectivity index (χ3v) is 4.66. The number of carbonyl (C=O) groups is 2. The largest absolute Gasteiger partial charge is 0.467 e. The zero-order valence-corrected chi connectivity index (χ0v) is 14.5. The van der Waals surface area contributed by atoms with Crippen LogP contribution >= 0.6 is 0 Å². The first-order chi connectivity index (χ1) is 12.2. The van der Waals surface area contributed by atoms with Crippen molar-refractivity contribution in [1.82, 2.24) is 4.98 Å². The quantitative estimate of drug-likeness (QED) is 0.759. The molecule has 0 saturated heterocycles. The summed E-state index contributed by atoms with van der Waals surface area (Å²) in [6.07, 6.45) is 4.81. The van der Waals surface area contributed by atoms with E-state index in [1.54, 1.807) is 11.1 Å². The predicted molar refractivity (Wildman–Crippen MR) is 95.1 cm³/mol. The Balaban J connectivity index is 1.87. The second-order valence-corrected chi connectivity index (χ2v) is 6.23. The van der Waals surface area contributed by atoms with Crippen molar-refractivity contribution >= 4 is 17.6 Å². The van der Waals surface area contributed by atoms with Gasteiger partial charge < -0.3 is 4.74 Å². The molecular weight excluding hydrogens is 316 g/mol. The highest BCUT2D eigenvalue weighted by molar-refractivity contribution is 6.02. The van der Waals surface area contributed by atoms with Gasteiger partial charge in [-0.3, -0.25) is 14.7 Å². The molecule has 2 aromatic rings. The van der Waals surface area contributed by atoms with Gasteiger partial charge in [0, 0.05) is 24.0 Å². The number of hydrogen-bond donors (Lipinski definition) is 0. The molecule has 130 valence electrons. The van der Waals surface area contributed by atoms with Gasteiger partial charge in [0.05, 0.1) is 7.11 Å². The Morgan fingerprint density at radius 2 is 2.00 bits per heavy atom. The van der Waals surface area contributed by atoms with Crippen LogP contribution in [0.25, 0.3) is 0 Å². The van der Waals surface area contributed by atoms with Crippen molar-refractivity contribution in [3.05, 3.63) is 60.4 Å². The highest BCUT2D eigenvalue weighted by atomic mass is 16.5. The first-order valence-corrected chi connectivity index (χ1v) is 8.53. The molecule has 1 amide bonds. The van der Waals surface area contributed by atoms with Gasteiger partial charge in [0.2, 0.25) is 5.91 Å². The molecule has 3 rings (SSSR count). The van der Waals surface area contributed by atoms with E-state index in [0.29, 0.717) is 6.42 Å². The molecule has 5 heteroatoms. The Labute approximate surface area is 147 Å². The molecule has 1 saturated carbocycles. The normalized spacial score (nSPS) is 19.8. The molecule has 1 aliphatic carbocycles. The minimum absolute atomic E-state index is 0.0303. The predicted octanol–water partition coefficient (Wildman–Crippen LogP) is 3.17. The molecule has 25 heavy (non-hydrogen) atoms. The highest BCUT2D eigenvalue weighted by Gasteiger charge is 2.48. The lowest BCUT2D eigenvalue weighted by Crippen LogP contribution is -2.46. The van der Waals surface area contributed by atoms with Gasteiger partial charge in [0.1, 0.15) is 6.04 Å². The number of methoxy groups -OCH3 is 1. The van der Waals surface area contributed by atoms with E-state index in [9.17, 15) is 9.59 Å². The Morgan fingerprint density at radius 3 is 2.60 bits per heavy atom. The lowest BCUT2D eigenvalue weighted by molar-refractivity contribution is -0.143. The monoisotopic (exact) mass is 338 g/mol. The fourth-order valence-corrected chi connectivity index (χ4v) is 3.25. The molecule has 1 aromatic carbocycles. The fraction of sp³-hybridized carbons (Fsp3) is 0.350. The molecule has 0 bridgehead atoms. The summed E-state index contributed by atoms with van der Waals surface area (Å²) in [6, 6.07) is 12.6. The molecule has 0 aliphatic heterocycles. The Bertz CT molecular complexity index is 733. The van der Waals surface area contributed by atoms with Crippen LogP contribution in [0.1, 0.15) is 31.2 Å². The second-order valence-electron chi connectivity index (χ2n) is 6.23. The van der Waals surface area contributed by atoms with E-state index in [2.05, 4.69) is 4.98 Å². The summed E-state index contributed by atoms with van der Waals surface area (Å²) in [5.41, 5.74) is 1.79. The Hall–Kier alpha value is -2.69. The third kappa shape index (κ3) is 3.55. The lowest BCUT2D eigenvalue weighted by Gasteiger charge is -2.29. The van der Waals surface area contributed by atoms with Crippen LogP contribution in [0.3, 0.4) is 0 Å². The number of anilines is 1. The Morgan fingerprint density at radius 1 is 1.24 bits per heavy atom. The van der Waals surface area contributed by atoms with E-state index >= 15 is 0 Å². The smallest absolute Gasteiger partial charge is 0.328 e. The zero-order valence-electron chi connectivity index (χ0n) is 14.5. The second kappa shape index (κ2) is 7.47. The average molecular weight is 338 g/mol. The van der Waals surface area contributed by atoms with Crippen molar-refractivity contribution in [3.63, 3.8) is 0 Å². The van der Waals surface area contributed by atoms with Crippen LogP contribution in [-0.4, -0.2) is 30.0 Å². The SMILES string of the molecule is CC[C@H](C(=O)OC)N(C(=O)[C@@H]1C[C@@H]1c1cccnc1)c1ccccc1. The summed E-state index contributed by atoms with van der Waals surface area (Å²) in [4.78, 5) is 31.2. The number of ether oxygens (including phenoxy) is 1. The fourth-order valence-electron chi connectivity index (χ4n) is 3.25. The van der Waals surface area contributed by atoms with Gasteiger partial charge in [-0.2, -0.15) is 0 Å². The van der Waals surface area contributed by atoms with Crippen molar-refractivity contribution < 1.29 is 14.3 Å². The van der Waals surface area contributed by atoms with E-state index in [-0.39, 0.29) is 17.7 Å². The molecule has 0 unspecified atom stereocenters. The molecule has 0 spiro atoms. The number of nitrogens with zero attached hydrogens (tertiary/aromatic N) is 2. The van der Waals surface area contributed by atoms with Crippen molar-refractivity contribution in [2.24, 2.45) is 5.92 Å². The van der Waals surface area contributed by atoms with E-state index < -0.39 is 12.0 Å². The van der Waals surface area contributed by atoms with Crippen molar-refractivity contribution in [2.45, 2.75) is 31.7 Å². The van der Waals surface area contributed by atoms with E-state index in [4.69, 9.17) is 4.74 Å². The molecule has 5 nitrogen and oxygen atoms in total. The average Bonchev–Trinajstić information content (AvgIpc) is 3.47. The topological polar surface area (TPSA) is 59.5 Å². The summed E-state index contributed by atoms with van der Waals surface area (Å²) >= 11 is 0. The maximum absolute atomic E-state index is 13.2. The number of para-hydroxylation sites is 1. The minimum Gasteiger partial charge on any atom is -0.467 e. The van der Waals surface area contributed by atoms with Crippen molar-refractivity contribution in [1.29, 1.82) is 0 Å². The third-order valence-electron chi connectivity index (χ3n) is 4.66. The van der Waals surface area contributed by atoms with Crippen molar-refractivity contribution in [3.8, 4) is 0 Å².